The van der Waals surface area contributed by atoms with Crippen LogP contribution in [0.3, 0.4) is 0 Å². The lowest BCUT2D eigenvalue weighted by Crippen LogP contribution is -2.49. The molecule has 0 aliphatic carbocycles. The summed E-state index contributed by atoms with van der Waals surface area (Å²) < 4.78 is 39.7. The van der Waals surface area contributed by atoms with E-state index in [4.69, 9.17) is 9.47 Å². The van der Waals surface area contributed by atoms with Gasteiger partial charge in [-0.2, -0.15) is 4.31 Å². The Morgan fingerprint density at radius 1 is 0.968 bits per heavy atom. The van der Waals surface area contributed by atoms with E-state index in [-0.39, 0.29) is 4.90 Å². The van der Waals surface area contributed by atoms with Gasteiger partial charge in [0.1, 0.15) is 10.6 Å². The molecule has 4 rings (SSSR count). The molecule has 1 aromatic carbocycles. The van der Waals surface area contributed by atoms with Crippen LogP contribution in [0, 0.1) is 0 Å². The molecule has 1 aromatic heterocycles. The molecule has 11 heteroatoms. The van der Waals surface area contributed by atoms with Crippen LogP contribution in [0.15, 0.2) is 39.7 Å². The highest BCUT2D eigenvalue weighted by molar-refractivity contribution is 9.10. The molecule has 31 heavy (non-hydrogen) atoms. The van der Waals surface area contributed by atoms with Gasteiger partial charge in [0, 0.05) is 43.7 Å². The van der Waals surface area contributed by atoms with Crippen molar-refractivity contribution < 1.29 is 17.9 Å². The Balaban J connectivity index is 1.43. The van der Waals surface area contributed by atoms with E-state index in [1.807, 2.05) is 19.1 Å². The third kappa shape index (κ3) is 4.94. The largest absolute Gasteiger partial charge is 0.492 e. The van der Waals surface area contributed by atoms with E-state index in [1.165, 1.54) is 4.31 Å². The molecule has 0 spiro atoms. The molecule has 0 N–H and O–H groups in total. The predicted molar refractivity (Wildman–Crippen MR) is 121 cm³/mol. The molecule has 2 fully saturated rings. The van der Waals surface area contributed by atoms with Crippen LogP contribution in [0.2, 0.25) is 0 Å². The maximum Gasteiger partial charge on any atom is 0.246 e. The summed E-state index contributed by atoms with van der Waals surface area (Å²) in [5.74, 6) is 1.97. The van der Waals surface area contributed by atoms with Gasteiger partial charge in [-0.1, -0.05) is 15.9 Å². The molecule has 2 aromatic rings. The van der Waals surface area contributed by atoms with Gasteiger partial charge in [0.2, 0.25) is 10.0 Å². The van der Waals surface area contributed by atoms with E-state index in [2.05, 4.69) is 35.9 Å². The SMILES string of the molecule is CCOc1ccc(Br)cc1S(=O)(=O)N1CCN(c2ccc(N3CCOCC3)nn2)CC1. The Morgan fingerprint density at radius 3 is 2.16 bits per heavy atom. The van der Waals surface area contributed by atoms with E-state index >= 15 is 0 Å². The molecule has 0 unspecified atom stereocenters. The highest BCUT2D eigenvalue weighted by Gasteiger charge is 2.31. The first-order valence-corrected chi connectivity index (χ1v) is 12.6. The second kappa shape index (κ2) is 9.68. The van der Waals surface area contributed by atoms with Crippen LogP contribution in [-0.2, 0) is 14.8 Å². The quantitative estimate of drug-likeness (QED) is 0.581. The fraction of sp³-hybridized carbons (Fsp3) is 0.500. The van der Waals surface area contributed by atoms with Crippen LogP contribution < -0.4 is 14.5 Å². The molecule has 0 amide bonds. The van der Waals surface area contributed by atoms with Gasteiger partial charge in [-0.15, -0.1) is 10.2 Å². The molecule has 0 saturated carbocycles. The lowest BCUT2D eigenvalue weighted by molar-refractivity contribution is 0.122. The number of piperazine rings is 1. The molecule has 2 aliphatic heterocycles. The van der Waals surface area contributed by atoms with Crippen molar-refractivity contribution in [3.8, 4) is 5.75 Å². The van der Waals surface area contributed by atoms with Crippen molar-refractivity contribution in [1.29, 1.82) is 0 Å². The van der Waals surface area contributed by atoms with Crippen molar-refractivity contribution in [3.05, 3.63) is 34.8 Å². The number of rotatable bonds is 6. The number of hydrogen-bond donors (Lipinski definition) is 0. The van der Waals surface area contributed by atoms with Crippen molar-refractivity contribution in [2.75, 3.05) is 68.9 Å². The summed E-state index contributed by atoms with van der Waals surface area (Å²) >= 11 is 3.37. The summed E-state index contributed by atoms with van der Waals surface area (Å²) in [5.41, 5.74) is 0. The fourth-order valence-electron chi connectivity index (χ4n) is 3.70. The van der Waals surface area contributed by atoms with Gasteiger partial charge in [-0.25, -0.2) is 8.42 Å². The Hall–Kier alpha value is -1.95. The van der Waals surface area contributed by atoms with Crippen LogP contribution in [0.1, 0.15) is 6.92 Å². The van der Waals surface area contributed by atoms with Crippen molar-refractivity contribution in [3.63, 3.8) is 0 Å². The lowest BCUT2D eigenvalue weighted by atomic mass is 10.3. The Kier molecular flexibility index (Phi) is 6.95. The summed E-state index contributed by atoms with van der Waals surface area (Å²) in [6.45, 7) is 7.07. The minimum absolute atomic E-state index is 0.187. The molecule has 0 bridgehead atoms. The van der Waals surface area contributed by atoms with Crippen LogP contribution in [-0.4, -0.2) is 82.0 Å². The number of morpholine rings is 1. The van der Waals surface area contributed by atoms with Gasteiger partial charge in [-0.3, -0.25) is 0 Å². The van der Waals surface area contributed by atoms with Crippen LogP contribution >= 0.6 is 15.9 Å². The van der Waals surface area contributed by atoms with Gasteiger partial charge in [0.05, 0.1) is 19.8 Å². The zero-order chi connectivity index (χ0) is 21.8. The van der Waals surface area contributed by atoms with E-state index < -0.39 is 10.0 Å². The topological polar surface area (TPSA) is 88.1 Å². The third-order valence-corrected chi connectivity index (χ3v) is 7.77. The molecule has 2 saturated heterocycles. The number of anilines is 2. The molecule has 168 valence electrons. The summed E-state index contributed by atoms with van der Waals surface area (Å²) in [4.78, 5) is 4.40. The third-order valence-electron chi connectivity index (χ3n) is 5.36. The van der Waals surface area contributed by atoms with Gasteiger partial charge in [0.25, 0.3) is 0 Å². The molecule has 2 aliphatic rings. The van der Waals surface area contributed by atoms with Crippen molar-refractivity contribution in [2.24, 2.45) is 0 Å². The Morgan fingerprint density at radius 2 is 1.58 bits per heavy atom. The molecular weight excluding hydrogens is 486 g/mol. The van der Waals surface area contributed by atoms with Crippen molar-refractivity contribution in [1.82, 2.24) is 14.5 Å². The summed E-state index contributed by atoms with van der Waals surface area (Å²) in [7, 11) is -3.67. The molecular formula is C20H26BrN5O4S. The smallest absolute Gasteiger partial charge is 0.246 e. The first kappa shape index (κ1) is 22.3. The van der Waals surface area contributed by atoms with E-state index in [0.717, 1.165) is 24.7 Å². The lowest BCUT2D eigenvalue weighted by Gasteiger charge is -2.35. The van der Waals surface area contributed by atoms with Gasteiger partial charge < -0.3 is 19.3 Å². The zero-order valence-corrected chi connectivity index (χ0v) is 19.8. The minimum atomic E-state index is -3.67. The number of aromatic nitrogens is 2. The Bertz CT molecular complexity index is 991. The second-order valence-electron chi connectivity index (χ2n) is 7.26. The monoisotopic (exact) mass is 511 g/mol. The molecule has 0 atom stereocenters. The van der Waals surface area contributed by atoms with Gasteiger partial charge in [0.15, 0.2) is 11.6 Å². The Labute approximate surface area is 191 Å². The zero-order valence-electron chi connectivity index (χ0n) is 17.4. The highest BCUT2D eigenvalue weighted by atomic mass is 79.9. The van der Waals surface area contributed by atoms with Gasteiger partial charge >= 0.3 is 0 Å². The second-order valence-corrected chi connectivity index (χ2v) is 10.1. The maximum atomic E-state index is 13.3. The number of halogens is 1. The fourth-order valence-corrected chi connectivity index (χ4v) is 5.79. The first-order chi connectivity index (χ1) is 15.0. The molecule has 9 nitrogen and oxygen atoms in total. The maximum absolute atomic E-state index is 13.3. The standard InChI is InChI=1S/C20H26BrN5O4S/c1-2-30-17-4-3-16(21)15-18(17)31(27,28)26-9-7-24(8-10-26)19-5-6-20(23-22-19)25-11-13-29-14-12-25/h3-6,15H,2,7-14H2,1H3. The van der Waals surface area contributed by atoms with E-state index in [1.54, 1.807) is 18.2 Å². The van der Waals surface area contributed by atoms with E-state index in [0.29, 0.717) is 56.2 Å². The number of benzene rings is 1. The minimum Gasteiger partial charge on any atom is -0.492 e. The van der Waals surface area contributed by atoms with E-state index in [9.17, 15) is 8.42 Å². The molecule has 3 heterocycles. The van der Waals surface area contributed by atoms with Gasteiger partial charge in [-0.05, 0) is 37.3 Å². The van der Waals surface area contributed by atoms with Crippen LogP contribution in [0.5, 0.6) is 5.75 Å². The van der Waals surface area contributed by atoms with Crippen LogP contribution in [0.4, 0.5) is 11.6 Å². The van der Waals surface area contributed by atoms with Crippen molar-refractivity contribution in [2.45, 2.75) is 11.8 Å². The number of hydrogen-bond acceptors (Lipinski definition) is 8. The number of ether oxygens (including phenoxy) is 2. The number of sulfonamides is 1. The first-order valence-electron chi connectivity index (χ1n) is 10.3. The molecule has 0 radical (unpaired) electrons. The summed E-state index contributed by atoms with van der Waals surface area (Å²) in [5, 5.41) is 8.73. The van der Waals surface area contributed by atoms with Crippen LogP contribution in [0.25, 0.3) is 0 Å². The van der Waals surface area contributed by atoms with Crippen molar-refractivity contribution >= 4 is 37.6 Å². The number of nitrogens with zero attached hydrogens (tertiary/aromatic N) is 5. The summed E-state index contributed by atoms with van der Waals surface area (Å²) in [6, 6.07) is 8.97. The normalized spacial score (nSPS) is 18.3. The average Bonchev–Trinajstić information content (AvgIpc) is 2.81. The highest BCUT2D eigenvalue weighted by Crippen LogP contribution is 2.31. The predicted octanol–water partition coefficient (Wildman–Crippen LogP) is 1.99. The average molecular weight is 512 g/mol. The summed E-state index contributed by atoms with van der Waals surface area (Å²) in [6.07, 6.45) is 0.